The highest BCUT2D eigenvalue weighted by molar-refractivity contribution is 6.30. The topological polar surface area (TPSA) is 46.9 Å². The lowest BCUT2D eigenvalue weighted by atomic mass is 10.0. The summed E-state index contributed by atoms with van der Waals surface area (Å²) in [6, 6.07) is 17.3. The average Bonchev–Trinajstić information content (AvgIpc) is 3.06. The maximum absolute atomic E-state index is 12.7. The highest BCUT2D eigenvalue weighted by Crippen LogP contribution is 2.24. The summed E-state index contributed by atoms with van der Waals surface area (Å²) in [5, 5.41) is 8.03. The van der Waals surface area contributed by atoms with E-state index in [-0.39, 0.29) is 11.8 Å². The number of carbonyl (C=O) groups is 1. The Morgan fingerprint density at radius 2 is 1.92 bits per heavy atom. The van der Waals surface area contributed by atoms with Gasteiger partial charge >= 0.3 is 0 Å². The molecule has 0 saturated carbocycles. The van der Waals surface area contributed by atoms with Crippen LogP contribution in [0.25, 0.3) is 5.69 Å². The molecule has 1 aromatic heterocycles. The lowest BCUT2D eigenvalue weighted by molar-refractivity contribution is 0.0949. The molecule has 25 heavy (non-hydrogen) atoms. The molecule has 5 heteroatoms. The number of aromatic nitrogens is 2. The molecule has 0 atom stereocenters. The first kappa shape index (κ1) is 17.2. The molecule has 0 unspecified atom stereocenters. The van der Waals surface area contributed by atoms with Crippen molar-refractivity contribution in [2.45, 2.75) is 26.3 Å². The standard InChI is InChI=1S/C20H20ClN3O/c1-14(2)19-18(20(25)22-12-15-7-4-3-5-8-15)13-23-24(19)17-10-6-9-16(21)11-17/h3-11,13-14H,12H2,1-2H3,(H,22,25). The van der Waals surface area contributed by atoms with Gasteiger partial charge in [0.2, 0.25) is 0 Å². The SMILES string of the molecule is CC(C)c1c(C(=O)NCc2ccccc2)cnn1-c1cccc(Cl)c1. The molecule has 1 N–H and O–H groups in total. The number of carbonyl (C=O) groups excluding carboxylic acids is 1. The van der Waals surface area contributed by atoms with Crippen LogP contribution in [0.3, 0.4) is 0 Å². The van der Waals surface area contributed by atoms with E-state index in [1.807, 2.05) is 68.4 Å². The van der Waals surface area contributed by atoms with Crippen molar-refractivity contribution in [3.05, 3.63) is 82.6 Å². The lowest BCUT2D eigenvalue weighted by Crippen LogP contribution is -2.24. The van der Waals surface area contributed by atoms with Crippen LogP contribution in [0.2, 0.25) is 5.02 Å². The van der Waals surface area contributed by atoms with Crippen LogP contribution < -0.4 is 5.32 Å². The Morgan fingerprint density at radius 3 is 2.60 bits per heavy atom. The summed E-state index contributed by atoms with van der Waals surface area (Å²) >= 11 is 6.09. The second-order valence-electron chi connectivity index (χ2n) is 6.16. The van der Waals surface area contributed by atoms with Crippen LogP contribution in [0, 0.1) is 0 Å². The van der Waals surface area contributed by atoms with Gasteiger partial charge in [0.1, 0.15) is 0 Å². The molecule has 4 nitrogen and oxygen atoms in total. The van der Waals surface area contributed by atoms with Crippen LogP contribution in [-0.4, -0.2) is 15.7 Å². The van der Waals surface area contributed by atoms with E-state index in [4.69, 9.17) is 11.6 Å². The normalized spacial score (nSPS) is 10.9. The van der Waals surface area contributed by atoms with E-state index in [1.54, 1.807) is 10.9 Å². The molecule has 0 radical (unpaired) electrons. The molecule has 0 spiro atoms. The summed E-state index contributed by atoms with van der Waals surface area (Å²) in [7, 11) is 0. The Bertz CT molecular complexity index is 872. The van der Waals surface area contributed by atoms with Crippen LogP contribution in [0.5, 0.6) is 0 Å². The predicted molar refractivity (Wildman–Crippen MR) is 100 cm³/mol. The fourth-order valence-electron chi connectivity index (χ4n) is 2.78. The van der Waals surface area contributed by atoms with Crippen molar-refractivity contribution in [3.8, 4) is 5.69 Å². The Kier molecular flexibility index (Phi) is 5.19. The lowest BCUT2D eigenvalue weighted by Gasteiger charge is -2.13. The summed E-state index contributed by atoms with van der Waals surface area (Å²) in [6.45, 7) is 4.58. The van der Waals surface area contributed by atoms with Gasteiger partial charge in [-0.1, -0.05) is 61.8 Å². The number of halogens is 1. The van der Waals surface area contributed by atoms with Crippen molar-refractivity contribution in [2.75, 3.05) is 0 Å². The smallest absolute Gasteiger partial charge is 0.255 e. The monoisotopic (exact) mass is 353 g/mol. The number of amides is 1. The number of hydrogen-bond donors (Lipinski definition) is 1. The van der Waals surface area contributed by atoms with Crippen molar-refractivity contribution < 1.29 is 4.79 Å². The van der Waals surface area contributed by atoms with E-state index in [0.29, 0.717) is 17.1 Å². The van der Waals surface area contributed by atoms with Crippen molar-refractivity contribution in [1.82, 2.24) is 15.1 Å². The van der Waals surface area contributed by atoms with Gasteiger partial charge in [-0.3, -0.25) is 4.79 Å². The molecule has 1 heterocycles. The maximum atomic E-state index is 12.7. The van der Waals surface area contributed by atoms with Crippen LogP contribution in [0.15, 0.2) is 60.8 Å². The minimum atomic E-state index is -0.124. The van der Waals surface area contributed by atoms with Gasteiger partial charge in [0.15, 0.2) is 0 Å². The zero-order chi connectivity index (χ0) is 17.8. The van der Waals surface area contributed by atoms with E-state index in [2.05, 4.69) is 10.4 Å². The summed E-state index contributed by atoms with van der Waals surface area (Å²) in [5.41, 5.74) is 3.36. The van der Waals surface area contributed by atoms with Gasteiger partial charge in [-0.05, 0) is 29.7 Å². The quantitative estimate of drug-likeness (QED) is 0.729. The first-order valence-electron chi connectivity index (χ1n) is 8.22. The third kappa shape index (κ3) is 3.91. The highest BCUT2D eigenvalue weighted by atomic mass is 35.5. The van der Waals surface area contributed by atoms with Crippen LogP contribution >= 0.6 is 11.6 Å². The fraction of sp³-hybridized carbons (Fsp3) is 0.200. The van der Waals surface area contributed by atoms with Crippen molar-refractivity contribution in [2.24, 2.45) is 0 Å². The number of hydrogen-bond acceptors (Lipinski definition) is 2. The van der Waals surface area contributed by atoms with E-state index in [0.717, 1.165) is 16.9 Å². The molecular weight excluding hydrogens is 334 g/mol. The maximum Gasteiger partial charge on any atom is 0.255 e. The Hall–Kier alpha value is -2.59. The summed E-state index contributed by atoms with van der Waals surface area (Å²) < 4.78 is 1.79. The molecule has 0 fully saturated rings. The van der Waals surface area contributed by atoms with Gasteiger partial charge < -0.3 is 5.32 Å². The molecule has 3 rings (SSSR count). The van der Waals surface area contributed by atoms with Gasteiger partial charge in [-0.25, -0.2) is 4.68 Å². The zero-order valence-electron chi connectivity index (χ0n) is 14.2. The molecule has 0 aliphatic heterocycles. The second kappa shape index (κ2) is 7.53. The van der Waals surface area contributed by atoms with Crippen LogP contribution in [-0.2, 0) is 6.54 Å². The molecule has 0 aliphatic carbocycles. The second-order valence-corrected chi connectivity index (χ2v) is 6.59. The molecular formula is C20H20ClN3O. The molecule has 2 aromatic carbocycles. The fourth-order valence-corrected chi connectivity index (χ4v) is 2.96. The third-order valence-electron chi connectivity index (χ3n) is 3.95. The number of nitrogens with one attached hydrogen (secondary N) is 1. The summed E-state index contributed by atoms with van der Waals surface area (Å²) in [4.78, 5) is 12.7. The van der Waals surface area contributed by atoms with E-state index in [1.165, 1.54) is 0 Å². The molecule has 128 valence electrons. The minimum Gasteiger partial charge on any atom is -0.348 e. The van der Waals surface area contributed by atoms with Gasteiger partial charge in [0, 0.05) is 11.6 Å². The highest BCUT2D eigenvalue weighted by Gasteiger charge is 2.20. The van der Waals surface area contributed by atoms with Gasteiger partial charge in [0.25, 0.3) is 5.91 Å². The minimum absolute atomic E-state index is 0.124. The molecule has 0 aliphatic rings. The molecule has 0 saturated heterocycles. The summed E-state index contributed by atoms with van der Waals surface area (Å²) in [5.74, 6) is 0.0137. The Labute approximate surface area is 152 Å². The van der Waals surface area contributed by atoms with Crippen LogP contribution in [0.1, 0.15) is 41.4 Å². The van der Waals surface area contributed by atoms with Crippen LogP contribution in [0.4, 0.5) is 0 Å². The predicted octanol–water partition coefficient (Wildman–Crippen LogP) is 4.58. The van der Waals surface area contributed by atoms with E-state index >= 15 is 0 Å². The number of nitrogens with zero attached hydrogens (tertiary/aromatic N) is 2. The van der Waals surface area contributed by atoms with E-state index < -0.39 is 0 Å². The number of rotatable bonds is 5. The zero-order valence-corrected chi connectivity index (χ0v) is 15.0. The van der Waals surface area contributed by atoms with Gasteiger partial charge in [-0.15, -0.1) is 0 Å². The first-order valence-corrected chi connectivity index (χ1v) is 8.60. The van der Waals surface area contributed by atoms with Crippen molar-refractivity contribution in [3.63, 3.8) is 0 Å². The third-order valence-corrected chi connectivity index (χ3v) is 4.18. The van der Waals surface area contributed by atoms with Crippen molar-refractivity contribution in [1.29, 1.82) is 0 Å². The van der Waals surface area contributed by atoms with Crippen molar-refractivity contribution >= 4 is 17.5 Å². The average molecular weight is 354 g/mol. The van der Waals surface area contributed by atoms with Gasteiger partial charge in [-0.2, -0.15) is 5.10 Å². The molecule has 1 amide bonds. The summed E-state index contributed by atoms with van der Waals surface area (Å²) in [6.07, 6.45) is 1.62. The molecule has 0 bridgehead atoms. The van der Waals surface area contributed by atoms with E-state index in [9.17, 15) is 4.79 Å². The largest absolute Gasteiger partial charge is 0.348 e. The Morgan fingerprint density at radius 1 is 1.16 bits per heavy atom. The molecule has 3 aromatic rings. The van der Waals surface area contributed by atoms with Gasteiger partial charge in [0.05, 0.1) is 23.1 Å². The Balaban J connectivity index is 1.87. The number of benzene rings is 2. The first-order chi connectivity index (χ1) is 12.1.